The minimum absolute atomic E-state index is 0.139. The summed E-state index contributed by atoms with van der Waals surface area (Å²) in [7, 11) is 0. The van der Waals surface area contributed by atoms with Gasteiger partial charge in [0.25, 0.3) is 0 Å². The Morgan fingerprint density at radius 3 is 0.776 bits per heavy atom. The van der Waals surface area contributed by atoms with Crippen LogP contribution in [0.2, 0.25) is 0 Å². The number of aliphatic hydroxyl groups is 20. The second kappa shape index (κ2) is 29.0. The van der Waals surface area contributed by atoms with Gasteiger partial charge in [0.2, 0.25) is 0 Å². The first-order chi connectivity index (χ1) is 40.5. The third kappa shape index (κ3) is 13.9. The van der Waals surface area contributed by atoms with E-state index in [1.54, 1.807) is 6.92 Å². The lowest BCUT2D eigenvalue weighted by Crippen LogP contribution is -2.68. The summed E-state index contributed by atoms with van der Waals surface area (Å²) < 4.78 is 93.5. The summed E-state index contributed by atoms with van der Waals surface area (Å²) in [5, 5.41) is 222. The van der Waals surface area contributed by atoms with Crippen molar-refractivity contribution < 1.29 is 178 Å². The van der Waals surface area contributed by atoms with E-state index in [9.17, 15) is 102 Å². The zero-order valence-electron chi connectivity index (χ0n) is 45.8. The fourth-order valence-corrected chi connectivity index (χ4v) is 12.1. The van der Waals surface area contributed by atoms with Gasteiger partial charge in [-0.3, -0.25) is 0 Å². The fourth-order valence-electron chi connectivity index (χ4n) is 12.1. The molecule has 30 saturated heterocycles. The highest BCUT2D eigenvalue weighted by atomic mass is 16.8. The van der Waals surface area contributed by atoms with Gasteiger partial charge in [-0.2, -0.15) is 0 Å². The van der Waals surface area contributed by atoms with Crippen molar-refractivity contribution in [2.75, 3.05) is 39.6 Å². The monoisotopic (exact) mass is 1250 g/mol. The molecular weight excluding hydrogens is 1160 g/mol. The molecule has 0 aromatic carbocycles. The van der Waals surface area contributed by atoms with Gasteiger partial charge in [0, 0.05) is 12.8 Å². The minimum atomic E-state index is -2.20. The summed E-state index contributed by atoms with van der Waals surface area (Å²) in [6.45, 7) is -2.75. The zero-order valence-corrected chi connectivity index (χ0v) is 45.8. The van der Waals surface area contributed by atoms with Gasteiger partial charge in [-0.05, 0) is 13.3 Å². The molecule has 20 N–H and O–H groups in total. The van der Waals surface area contributed by atoms with E-state index in [-0.39, 0.29) is 12.8 Å². The van der Waals surface area contributed by atoms with E-state index in [0.29, 0.717) is 0 Å². The molecule has 30 heterocycles. The van der Waals surface area contributed by atoms with Gasteiger partial charge < -0.3 is 178 Å². The maximum Gasteiger partial charge on any atom is 0.187 e. The Labute approximate surface area is 483 Å². The predicted molar refractivity (Wildman–Crippen MR) is 260 cm³/mol. The Hall–Kier alpha value is -1.44. The van der Waals surface area contributed by atoms with Crippen molar-refractivity contribution in [1.29, 1.82) is 0 Å². The number of ether oxygens (including phenoxy) is 16. The molecule has 36 heteroatoms. The Bertz CT molecular complexity index is 2050. The molecule has 30 aliphatic heterocycles. The summed E-state index contributed by atoms with van der Waals surface area (Å²) >= 11 is 0. The molecule has 0 aromatic heterocycles. The van der Waals surface area contributed by atoms with Crippen molar-refractivity contribution in [2.24, 2.45) is 0 Å². The van der Waals surface area contributed by atoms with Gasteiger partial charge in [0.15, 0.2) is 50.3 Å². The van der Waals surface area contributed by atoms with Crippen LogP contribution in [0.3, 0.4) is 0 Å². The molecule has 0 aliphatic carbocycles. The highest BCUT2D eigenvalue weighted by Crippen LogP contribution is 2.39. The van der Waals surface area contributed by atoms with Crippen molar-refractivity contribution in [3.8, 4) is 0 Å². The van der Waals surface area contributed by atoms with Crippen LogP contribution in [-0.4, -0.2) is 375 Å². The summed E-state index contributed by atoms with van der Waals surface area (Å²) in [4.78, 5) is 0. The molecular formula is C49H82O36. The van der Waals surface area contributed by atoms with Gasteiger partial charge in [-0.15, -0.1) is 0 Å². The first-order valence-corrected chi connectivity index (χ1v) is 28.2. The van der Waals surface area contributed by atoms with Crippen molar-refractivity contribution in [3.63, 3.8) is 0 Å². The van der Waals surface area contributed by atoms with Crippen LogP contribution >= 0.6 is 0 Å². The Balaban J connectivity index is 0.953. The molecule has 0 radical (unpaired) electrons. The van der Waals surface area contributed by atoms with Crippen LogP contribution < -0.4 is 0 Å². The van der Waals surface area contributed by atoms with E-state index >= 15 is 0 Å². The Morgan fingerprint density at radius 1 is 0.247 bits per heavy atom. The summed E-state index contributed by atoms with van der Waals surface area (Å²) in [6.07, 6.45) is -68.3. The van der Waals surface area contributed by atoms with Gasteiger partial charge in [-0.25, -0.2) is 0 Å². The van der Waals surface area contributed by atoms with Gasteiger partial charge in [-0.1, -0.05) is 6.92 Å². The molecule has 14 unspecified atom stereocenters. The topological polar surface area (TPSA) is 552 Å². The van der Waals surface area contributed by atoms with Crippen LogP contribution in [-0.2, 0) is 75.8 Å². The molecule has 85 heavy (non-hydrogen) atoms. The molecule has 30 rings (SSSR count). The van der Waals surface area contributed by atoms with E-state index in [2.05, 4.69) is 0 Å². The summed E-state index contributed by atoms with van der Waals surface area (Å²) in [5.41, 5.74) is 0. The van der Waals surface area contributed by atoms with Crippen LogP contribution in [0, 0.1) is 0 Å². The van der Waals surface area contributed by atoms with E-state index in [1.807, 2.05) is 0 Å². The van der Waals surface area contributed by atoms with Crippen LogP contribution in [0.1, 0.15) is 33.1 Å². The lowest BCUT2D eigenvalue weighted by Gasteiger charge is -2.50. The maximum atomic E-state index is 11.5. The van der Waals surface area contributed by atoms with Crippen molar-refractivity contribution in [3.05, 3.63) is 0 Å². The smallest absolute Gasteiger partial charge is 0.187 e. The average molecular weight is 1250 g/mol. The first-order valence-electron chi connectivity index (χ1n) is 28.2. The van der Waals surface area contributed by atoms with Crippen molar-refractivity contribution >= 4 is 0 Å². The highest BCUT2D eigenvalue weighted by molar-refractivity contribution is 5.01. The Kier molecular flexibility index (Phi) is 23.2. The second-order valence-electron chi connectivity index (χ2n) is 22.4. The third-order valence-corrected chi connectivity index (χ3v) is 16.8. The van der Waals surface area contributed by atoms with Crippen LogP contribution in [0.4, 0.5) is 0 Å². The lowest BCUT2D eigenvalue weighted by atomic mass is 9.95. The molecule has 0 spiro atoms. The largest absolute Gasteiger partial charge is 0.394 e. The zero-order chi connectivity index (χ0) is 61.6. The second-order valence-corrected chi connectivity index (χ2v) is 22.4. The molecule has 0 aromatic rings. The van der Waals surface area contributed by atoms with Gasteiger partial charge in [0.05, 0.1) is 64.1 Å². The molecule has 38 atom stereocenters. The first kappa shape index (κ1) is 67.9. The standard InChI is InChI=1S/C49H82O36/c1-3-15-37-13(56)4-22(71-15)78-38-14(57)5-23(72-16(38)6-50)79-39-17(7-51)73-46(31(65)25(39)59)82-41-19(9-53)75-48(33(67)27(41)61)84-43-21(11-55)77-49(35(69)29(43)63)85-42-20(10-54)76-47(34(68)28(42)62)83-40-18(8-52)74-45(32(66)26(40)60)80-36-12(2)70-44(81-37)30(64)24(36)58/h12-69H,3-11H2,1-2H3/t12?,13-,14-,15?,16?,17?,18?,19?,20?,21?,22+,23-,24-,25?,26-,27?,28?,29?,30?,31+,32?,33+,34+,35+,36-,37+,38+,39-,40-,41-,42-,43-,44-,45-,46+,47-,48-,49+/m1/s1. The normalized spacial score (nSPS) is 55.1. The molecule has 36 nitrogen and oxygen atoms in total. The van der Waals surface area contributed by atoms with Crippen molar-refractivity contribution in [1.82, 2.24) is 0 Å². The molecule has 30 fully saturated rings. The number of hydrogen-bond acceptors (Lipinski definition) is 36. The third-order valence-electron chi connectivity index (χ3n) is 16.8. The van der Waals surface area contributed by atoms with Crippen LogP contribution in [0.15, 0.2) is 0 Å². The number of rotatable bonds is 7. The number of aliphatic hydroxyl groups excluding tert-OH is 20. The quantitative estimate of drug-likeness (QED) is 0.113. The molecule has 494 valence electrons. The highest BCUT2D eigenvalue weighted by Gasteiger charge is 2.59. The predicted octanol–water partition coefficient (Wildman–Crippen LogP) is -12.9. The van der Waals surface area contributed by atoms with E-state index in [4.69, 9.17) is 75.8 Å². The summed E-state index contributed by atoms with van der Waals surface area (Å²) in [5.74, 6) is 0. The maximum absolute atomic E-state index is 11.5. The van der Waals surface area contributed by atoms with E-state index < -0.39 is 280 Å². The van der Waals surface area contributed by atoms with Crippen LogP contribution in [0.25, 0.3) is 0 Å². The van der Waals surface area contributed by atoms with Gasteiger partial charge >= 0.3 is 0 Å². The summed E-state index contributed by atoms with van der Waals surface area (Å²) in [6, 6.07) is 0. The van der Waals surface area contributed by atoms with Crippen LogP contribution in [0.5, 0.6) is 0 Å². The van der Waals surface area contributed by atoms with E-state index in [1.165, 1.54) is 6.92 Å². The molecule has 30 aliphatic rings. The minimum Gasteiger partial charge on any atom is -0.394 e. The SMILES string of the molecule is CCC1O[C@@H]2C[C@@H](O)[C@@H]1O[C@H]1OC(C)[C@@H](O[C@H]3OC(CO)[C@@H](O[C@H]4OC(CO)[C@@H](O[C@@H]5OC(CO)[C@@H](O[C@H]6OC(CO)[C@@H](O[C@@H]7OC(CO)[C@@H](O[C@@H]8C[C@@H](O)[C@H](O2)C(CO)O8)C(O)[C@@H]7O)C(O)[C@@H]6O)C(O)[C@@H]5O)C(O)[C@@H]4O)[C@H](O)C3O)[C@H](O)C1O. The van der Waals surface area contributed by atoms with Gasteiger partial charge in [0.1, 0.15) is 159 Å². The average Bonchev–Trinajstić information content (AvgIpc) is 3.39. The molecule has 16 bridgehead atoms. The van der Waals surface area contributed by atoms with E-state index in [0.717, 1.165) is 0 Å². The molecule has 0 saturated carbocycles. The van der Waals surface area contributed by atoms with Crippen molar-refractivity contribution in [2.45, 2.75) is 267 Å². The molecule has 0 amide bonds. The fraction of sp³-hybridized carbons (Fsp3) is 1.00. The Morgan fingerprint density at radius 2 is 0.471 bits per heavy atom. The number of hydrogen-bond donors (Lipinski definition) is 20. The lowest BCUT2D eigenvalue weighted by molar-refractivity contribution is -0.398.